The minimum absolute atomic E-state index is 0.0242. The van der Waals surface area contributed by atoms with Crippen LogP contribution in [0.5, 0.6) is 0 Å². The number of esters is 1. The van der Waals surface area contributed by atoms with E-state index in [0.29, 0.717) is 41.4 Å². The number of nitrogens with zero attached hydrogens (tertiary/aromatic N) is 5. The molecule has 0 atom stereocenters. The van der Waals surface area contributed by atoms with E-state index in [0.717, 1.165) is 103 Å². The molecule has 7 rings (SSSR count). The molecule has 12 heteroatoms. The van der Waals surface area contributed by atoms with Crippen molar-refractivity contribution in [3.63, 3.8) is 0 Å². The fourth-order valence-electron chi connectivity index (χ4n) is 8.19. The molecule has 11 nitrogen and oxygen atoms in total. The molecule has 0 spiro atoms. The SMILES string of the molecule is COC(=O)C1CCC(CN2CCc3c(nc(C(=O)Nc4cccc(-c5cccc(CC(=O)c6nc7c(n6C)CCNC7)c5C)c4Cl)n3C)C2)CC1. The number of benzene rings is 2. The number of carbonyl (C=O) groups is 3. The summed E-state index contributed by atoms with van der Waals surface area (Å²) in [7, 11) is 5.29. The maximum absolute atomic E-state index is 13.7. The summed E-state index contributed by atoms with van der Waals surface area (Å²) in [5, 5.41) is 6.77. The molecule has 2 aromatic carbocycles. The number of anilines is 1. The maximum Gasteiger partial charge on any atom is 0.308 e. The molecule has 2 N–H and O–H groups in total. The van der Waals surface area contributed by atoms with Crippen LogP contribution in [-0.2, 0) is 56.0 Å². The van der Waals surface area contributed by atoms with Gasteiger partial charge >= 0.3 is 5.97 Å². The second-order valence-electron chi connectivity index (χ2n) is 14.2. The average molecular weight is 712 g/mol. The second kappa shape index (κ2) is 14.7. The molecule has 51 heavy (non-hydrogen) atoms. The Morgan fingerprint density at radius 1 is 0.941 bits per heavy atom. The molecule has 0 saturated heterocycles. The van der Waals surface area contributed by atoms with Crippen LogP contribution in [0.4, 0.5) is 5.69 Å². The standard InChI is InChI=1S/C39H46ClN7O4/c1-23-26(19-34(48)36-42-30-20-41-17-15-32(30)45(36)2)7-5-8-27(23)28-9-6-10-29(35(28)40)44-38(49)37-43-31-22-47(18-16-33(31)46(37)3)21-24-11-13-25(14-12-24)39(50)51-4/h5-10,24-25,41H,11-22H2,1-4H3,(H,44,49). The Bertz CT molecular complexity index is 1990. The van der Waals surface area contributed by atoms with Gasteiger partial charge in [-0.3, -0.25) is 19.3 Å². The van der Waals surface area contributed by atoms with Crippen LogP contribution in [0.1, 0.15) is 80.8 Å². The average Bonchev–Trinajstić information content (AvgIpc) is 3.66. The smallest absolute Gasteiger partial charge is 0.308 e. The number of aromatic nitrogens is 4. The van der Waals surface area contributed by atoms with Gasteiger partial charge in [-0.15, -0.1) is 0 Å². The maximum atomic E-state index is 13.7. The van der Waals surface area contributed by atoms with Crippen molar-refractivity contribution in [3.05, 3.63) is 87.0 Å². The molecule has 4 heterocycles. The molecule has 4 aromatic rings. The molecule has 2 aromatic heterocycles. The Morgan fingerprint density at radius 3 is 2.41 bits per heavy atom. The first-order chi connectivity index (χ1) is 24.6. The topological polar surface area (TPSA) is 123 Å². The largest absolute Gasteiger partial charge is 0.469 e. The Labute approximate surface area is 303 Å². The number of carbonyl (C=O) groups excluding carboxylic acids is 3. The first-order valence-corrected chi connectivity index (χ1v) is 18.3. The Kier molecular flexibility index (Phi) is 10.1. The van der Waals surface area contributed by atoms with Gasteiger partial charge in [0.2, 0.25) is 5.78 Å². The minimum Gasteiger partial charge on any atom is -0.469 e. The van der Waals surface area contributed by atoms with Gasteiger partial charge < -0.3 is 24.5 Å². The van der Waals surface area contributed by atoms with E-state index in [1.54, 1.807) is 6.07 Å². The zero-order chi connectivity index (χ0) is 35.8. The first-order valence-electron chi connectivity index (χ1n) is 17.9. The van der Waals surface area contributed by atoms with E-state index in [-0.39, 0.29) is 30.0 Å². The highest BCUT2D eigenvalue weighted by Crippen LogP contribution is 2.37. The molecule has 1 amide bonds. The lowest BCUT2D eigenvalue weighted by atomic mass is 9.81. The molecule has 1 saturated carbocycles. The van der Waals surface area contributed by atoms with Crippen LogP contribution in [0, 0.1) is 18.8 Å². The predicted octanol–water partition coefficient (Wildman–Crippen LogP) is 5.44. The molecule has 268 valence electrons. The summed E-state index contributed by atoms with van der Waals surface area (Å²) < 4.78 is 8.79. The number of ketones is 1. The van der Waals surface area contributed by atoms with Gasteiger partial charge in [0, 0.05) is 83.0 Å². The number of ether oxygens (including phenoxy) is 1. The summed E-state index contributed by atoms with van der Waals surface area (Å²) in [5.41, 5.74) is 8.11. The van der Waals surface area contributed by atoms with Crippen molar-refractivity contribution >= 4 is 34.9 Å². The van der Waals surface area contributed by atoms with Gasteiger partial charge in [0.1, 0.15) is 0 Å². The van der Waals surface area contributed by atoms with Crippen LogP contribution in [0.3, 0.4) is 0 Å². The van der Waals surface area contributed by atoms with E-state index < -0.39 is 0 Å². The Balaban J connectivity index is 1.03. The summed E-state index contributed by atoms with van der Waals surface area (Å²) in [6, 6.07) is 11.5. The van der Waals surface area contributed by atoms with E-state index in [9.17, 15) is 14.4 Å². The molecule has 2 aliphatic heterocycles. The van der Waals surface area contributed by atoms with Gasteiger partial charge in [-0.05, 0) is 61.3 Å². The number of imidazole rings is 2. The molecule has 1 aliphatic carbocycles. The zero-order valence-corrected chi connectivity index (χ0v) is 30.6. The highest BCUT2D eigenvalue weighted by atomic mass is 35.5. The molecule has 1 fully saturated rings. The number of hydrogen-bond donors (Lipinski definition) is 2. The van der Waals surface area contributed by atoms with Crippen LogP contribution >= 0.6 is 11.6 Å². The first kappa shape index (κ1) is 35.1. The van der Waals surface area contributed by atoms with Crippen LogP contribution in [0.25, 0.3) is 11.1 Å². The Hall–Kier alpha value is -4.32. The van der Waals surface area contributed by atoms with Crippen molar-refractivity contribution in [2.45, 2.75) is 65.0 Å². The van der Waals surface area contributed by atoms with Crippen molar-refractivity contribution in [2.75, 3.05) is 32.1 Å². The van der Waals surface area contributed by atoms with E-state index in [4.69, 9.17) is 21.3 Å². The van der Waals surface area contributed by atoms with Crippen molar-refractivity contribution < 1.29 is 19.1 Å². The van der Waals surface area contributed by atoms with E-state index in [2.05, 4.69) is 20.5 Å². The Morgan fingerprint density at radius 2 is 1.65 bits per heavy atom. The summed E-state index contributed by atoms with van der Waals surface area (Å²) in [4.78, 5) is 51.0. The zero-order valence-electron chi connectivity index (χ0n) is 29.9. The monoisotopic (exact) mass is 711 g/mol. The van der Waals surface area contributed by atoms with Gasteiger partial charge in [0.25, 0.3) is 5.91 Å². The van der Waals surface area contributed by atoms with Crippen LogP contribution in [-0.4, -0.2) is 68.4 Å². The molecular weight excluding hydrogens is 666 g/mol. The predicted molar refractivity (Wildman–Crippen MR) is 196 cm³/mol. The number of nitrogens with one attached hydrogen (secondary N) is 2. The third-order valence-electron chi connectivity index (χ3n) is 11.1. The second-order valence-corrected chi connectivity index (χ2v) is 14.6. The van der Waals surface area contributed by atoms with Crippen LogP contribution in [0.2, 0.25) is 5.02 Å². The van der Waals surface area contributed by atoms with Gasteiger partial charge in [-0.25, -0.2) is 9.97 Å². The van der Waals surface area contributed by atoms with Gasteiger partial charge in [-0.2, -0.15) is 0 Å². The fourth-order valence-corrected chi connectivity index (χ4v) is 8.47. The number of Topliss-reactive ketones (excluding diaryl/α,β-unsaturated/α-hetero) is 1. The lowest BCUT2D eigenvalue weighted by Gasteiger charge is -2.33. The van der Waals surface area contributed by atoms with E-state index in [1.807, 2.05) is 60.5 Å². The lowest BCUT2D eigenvalue weighted by molar-refractivity contribution is -0.146. The fraction of sp³-hybridized carbons (Fsp3) is 0.462. The normalized spacial score (nSPS) is 18.9. The quantitative estimate of drug-likeness (QED) is 0.174. The highest BCUT2D eigenvalue weighted by Gasteiger charge is 2.31. The summed E-state index contributed by atoms with van der Waals surface area (Å²) >= 11 is 7.01. The van der Waals surface area contributed by atoms with E-state index in [1.165, 1.54) is 7.11 Å². The summed E-state index contributed by atoms with van der Waals surface area (Å²) in [6.07, 6.45) is 5.70. The van der Waals surface area contributed by atoms with Crippen molar-refractivity contribution in [2.24, 2.45) is 25.9 Å². The number of rotatable bonds is 9. The number of methoxy groups -OCH3 is 1. The molecule has 3 aliphatic rings. The third kappa shape index (κ3) is 6.99. The number of halogens is 1. The van der Waals surface area contributed by atoms with E-state index >= 15 is 0 Å². The summed E-state index contributed by atoms with van der Waals surface area (Å²) in [5.74, 6) is 0.974. The highest BCUT2D eigenvalue weighted by molar-refractivity contribution is 6.36. The number of fused-ring (bicyclic) bond motifs is 2. The molecular formula is C39H46ClN7O4. The molecule has 0 unspecified atom stereocenters. The third-order valence-corrected chi connectivity index (χ3v) is 11.6. The van der Waals surface area contributed by atoms with Crippen molar-refractivity contribution in [1.82, 2.24) is 29.3 Å². The van der Waals surface area contributed by atoms with Crippen molar-refractivity contribution in [3.8, 4) is 11.1 Å². The van der Waals surface area contributed by atoms with Gasteiger partial charge in [-0.1, -0.05) is 41.9 Å². The van der Waals surface area contributed by atoms with Crippen LogP contribution in [0.15, 0.2) is 36.4 Å². The van der Waals surface area contributed by atoms with Gasteiger partial charge in [0.15, 0.2) is 11.6 Å². The number of amides is 1. The van der Waals surface area contributed by atoms with Crippen molar-refractivity contribution in [1.29, 1.82) is 0 Å². The summed E-state index contributed by atoms with van der Waals surface area (Å²) in [6.45, 7) is 6.13. The molecule has 0 bridgehead atoms. The van der Waals surface area contributed by atoms with Gasteiger partial charge in [0.05, 0.1) is 35.1 Å². The lowest BCUT2D eigenvalue weighted by Crippen LogP contribution is -2.36. The molecule has 0 radical (unpaired) electrons. The van der Waals surface area contributed by atoms with Crippen LogP contribution < -0.4 is 10.6 Å². The minimum atomic E-state index is -0.317. The number of hydrogen-bond acceptors (Lipinski definition) is 8.